The Morgan fingerprint density at radius 2 is 1.80 bits per heavy atom. The van der Waals surface area contributed by atoms with Gasteiger partial charge in [0, 0.05) is 6.04 Å². The third kappa shape index (κ3) is 3.65. The Balaban J connectivity index is 1.97. The van der Waals surface area contributed by atoms with Crippen molar-refractivity contribution in [2.24, 2.45) is 5.92 Å². The minimum Gasteiger partial charge on any atom is -0.497 e. The Bertz CT molecular complexity index is 966. The van der Waals surface area contributed by atoms with E-state index in [1.807, 2.05) is 38.1 Å². The number of rotatable bonds is 6. The predicted molar refractivity (Wildman–Crippen MR) is 98.3 cm³/mol. The number of ether oxygens (including phenoxy) is 1. The van der Waals surface area contributed by atoms with Gasteiger partial charge in [0.1, 0.15) is 21.7 Å². The van der Waals surface area contributed by atoms with Gasteiger partial charge in [-0.1, -0.05) is 32.0 Å². The lowest BCUT2D eigenvalue weighted by atomic mass is 9.97. The number of methoxy groups -OCH3 is 1. The lowest BCUT2D eigenvalue weighted by Gasteiger charge is -2.23. The van der Waals surface area contributed by atoms with E-state index in [2.05, 4.69) is 13.5 Å². The monoisotopic (exact) mass is 377 g/mol. The van der Waals surface area contributed by atoms with E-state index in [1.165, 1.54) is 0 Å². The number of nitrogens with one attached hydrogen (secondary N) is 1. The van der Waals surface area contributed by atoms with E-state index in [9.17, 15) is 8.42 Å². The molecule has 0 radical (unpaired) electrons. The second-order valence-corrected chi connectivity index (χ2v) is 8.22. The molecule has 0 saturated carbocycles. The molecule has 2 aromatic carbocycles. The Morgan fingerprint density at radius 3 is 2.44 bits per heavy atom. The first-order chi connectivity index (χ1) is 11.9. The summed E-state index contributed by atoms with van der Waals surface area (Å²) in [6.07, 6.45) is 0. The topological polar surface area (TPSA) is 81.2 Å². The zero-order valence-electron chi connectivity index (χ0n) is 14.1. The molecule has 3 aromatic rings. The van der Waals surface area contributed by atoms with Crippen LogP contribution in [0.3, 0.4) is 0 Å². The van der Waals surface area contributed by atoms with Crippen LogP contribution in [-0.2, 0) is 10.0 Å². The molecule has 6 nitrogen and oxygen atoms in total. The molecule has 25 heavy (non-hydrogen) atoms. The van der Waals surface area contributed by atoms with Crippen molar-refractivity contribution in [1.82, 2.24) is 13.5 Å². The number of aromatic nitrogens is 2. The van der Waals surface area contributed by atoms with Gasteiger partial charge in [0.05, 0.1) is 18.8 Å². The molecular formula is C17H19N3O3S2. The van der Waals surface area contributed by atoms with E-state index in [1.54, 1.807) is 25.3 Å². The molecule has 0 amide bonds. The molecule has 1 atom stereocenters. The zero-order chi connectivity index (χ0) is 18.0. The maximum atomic E-state index is 13.0. The van der Waals surface area contributed by atoms with Gasteiger partial charge in [0.25, 0.3) is 0 Å². The summed E-state index contributed by atoms with van der Waals surface area (Å²) in [6.45, 7) is 3.95. The normalized spacial score (nSPS) is 13.3. The minimum atomic E-state index is -3.74. The zero-order valence-corrected chi connectivity index (χ0v) is 15.8. The SMILES string of the molecule is COc1ccc([C@@H](NS(=O)(=O)c2cccc3nsnc23)C(C)C)cc1. The van der Waals surface area contributed by atoms with Gasteiger partial charge in [-0.2, -0.15) is 8.75 Å². The van der Waals surface area contributed by atoms with Crippen LogP contribution in [0.2, 0.25) is 0 Å². The number of sulfonamides is 1. The average Bonchev–Trinajstić information content (AvgIpc) is 3.08. The molecule has 0 bridgehead atoms. The fourth-order valence-corrected chi connectivity index (χ4v) is 4.77. The van der Waals surface area contributed by atoms with Crippen LogP contribution in [0.4, 0.5) is 0 Å². The Hall–Kier alpha value is -2.03. The van der Waals surface area contributed by atoms with Crippen molar-refractivity contribution in [3.63, 3.8) is 0 Å². The Morgan fingerprint density at radius 1 is 1.08 bits per heavy atom. The van der Waals surface area contributed by atoms with Gasteiger partial charge in [-0.15, -0.1) is 0 Å². The first-order valence-electron chi connectivity index (χ1n) is 7.80. The summed E-state index contributed by atoms with van der Waals surface area (Å²) in [7, 11) is -2.14. The highest BCUT2D eigenvalue weighted by molar-refractivity contribution is 7.89. The largest absolute Gasteiger partial charge is 0.497 e. The summed E-state index contributed by atoms with van der Waals surface area (Å²) in [5.41, 5.74) is 1.86. The van der Waals surface area contributed by atoms with Crippen LogP contribution in [-0.4, -0.2) is 24.3 Å². The van der Waals surface area contributed by atoms with E-state index >= 15 is 0 Å². The first kappa shape index (κ1) is 17.8. The molecule has 0 fully saturated rings. The summed E-state index contributed by atoms with van der Waals surface area (Å²) in [5, 5.41) is 0. The van der Waals surface area contributed by atoms with Crippen molar-refractivity contribution in [3.8, 4) is 5.75 Å². The van der Waals surface area contributed by atoms with Gasteiger partial charge in [0.2, 0.25) is 10.0 Å². The van der Waals surface area contributed by atoms with Crippen LogP contribution < -0.4 is 9.46 Å². The van der Waals surface area contributed by atoms with E-state index < -0.39 is 10.0 Å². The molecule has 132 valence electrons. The van der Waals surface area contributed by atoms with E-state index in [4.69, 9.17) is 4.74 Å². The Kier molecular flexibility index (Phi) is 5.03. The maximum absolute atomic E-state index is 13.0. The van der Waals surface area contributed by atoms with Crippen molar-refractivity contribution in [2.45, 2.75) is 24.8 Å². The molecular weight excluding hydrogens is 358 g/mol. The predicted octanol–water partition coefficient (Wildman–Crippen LogP) is 3.38. The highest BCUT2D eigenvalue weighted by Crippen LogP contribution is 2.28. The summed E-state index contributed by atoms with van der Waals surface area (Å²) >= 11 is 1.00. The second-order valence-electron chi connectivity index (χ2n) is 6.00. The number of hydrogen-bond donors (Lipinski definition) is 1. The summed E-state index contributed by atoms with van der Waals surface area (Å²) in [4.78, 5) is 0.151. The smallest absolute Gasteiger partial charge is 0.243 e. The van der Waals surface area contributed by atoms with Crippen LogP contribution in [0.5, 0.6) is 5.75 Å². The fourth-order valence-electron chi connectivity index (χ4n) is 2.63. The number of hydrogen-bond acceptors (Lipinski definition) is 6. The average molecular weight is 377 g/mol. The lowest BCUT2D eigenvalue weighted by Crippen LogP contribution is -2.32. The molecule has 0 saturated heterocycles. The molecule has 1 heterocycles. The number of fused-ring (bicyclic) bond motifs is 1. The molecule has 0 aliphatic carbocycles. The highest BCUT2D eigenvalue weighted by atomic mass is 32.2. The molecule has 1 N–H and O–H groups in total. The van der Waals surface area contributed by atoms with Crippen LogP contribution >= 0.6 is 11.7 Å². The van der Waals surface area contributed by atoms with Gasteiger partial charge in [0.15, 0.2) is 0 Å². The fraction of sp³-hybridized carbons (Fsp3) is 0.294. The molecule has 0 aliphatic heterocycles. The van der Waals surface area contributed by atoms with Crippen molar-refractivity contribution in [1.29, 1.82) is 0 Å². The molecule has 0 spiro atoms. The highest BCUT2D eigenvalue weighted by Gasteiger charge is 2.26. The van der Waals surface area contributed by atoms with Crippen molar-refractivity contribution in [3.05, 3.63) is 48.0 Å². The summed E-state index contributed by atoms with van der Waals surface area (Å²) in [5.74, 6) is 0.795. The minimum absolute atomic E-state index is 0.0657. The third-order valence-electron chi connectivity index (χ3n) is 3.96. The quantitative estimate of drug-likeness (QED) is 0.712. The van der Waals surface area contributed by atoms with E-state index in [0.717, 1.165) is 23.0 Å². The lowest BCUT2D eigenvalue weighted by molar-refractivity contribution is 0.413. The molecule has 3 rings (SSSR count). The van der Waals surface area contributed by atoms with Crippen molar-refractivity contribution in [2.75, 3.05) is 7.11 Å². The van der Waals surface area contributed by atoms with Gasteiger partial charge in [-0.3, -0.25) is 0 Å². The standard InChI is InChI=1S/C17H19N3O3S2/c1-11(2)16(12-7-9-13(23-3)10-8-12)20-25(21,22)15-6-4-5-14-17(15)19-24-18-14/h4-11,16,20H,1-3H3/t16-/m0/s1. The van der Waals surface area contributed by atoms with Gasteiger partial charge >= 0.3 is 0 Å². The molecule has 8 heteroatoms. The first-order valence-corrected chi connectivity index (χ1v) is 10.0. The van der Waals surface area contributed by atoms with Crippen molar-refractivity contribution < 1.29 is 13.2 Å². The third-order valence-corrected chi connectivity index (χ3v) is 5.98. The van der Waals surface area contributed by atoms with Crippen molar-refractivity contribution >= 4 is 32.8 Å². The van der Waals surface area contributed by atoms with Gasteiger partial charge in [-0.05, 0) is 35.7 Å². The van der Waals surface area contributed by atoms with Gasteiger partial charge in [-0.25, -0.2) is 13.1 Å². The van der Waals surface area contributed by atoms with Gasteiger partial charge < -0.3 is 4.74 Å². The van der Waals surface area contributed by atoms with Crippen LogP contribution in [0.25, 0.3) is 11.0 Å². The van der Waals surface area contributed by atoms with Crippen LogP contribution in [0.15, 0.2) is 47.4 Å². The molecule has 0 unspecified atom stereocenters. The van der Waals surface area contributed by atoms with E-state index in [0.29, 0.717) is 11.0 Å². The summed E-state index contributed by atoms with van der Waals surface area (Å²) in [6, 6.07) is 12.0. The Labute approximate surface area is 151 Å². The maximum Gasteiger partial charge on any atom is 0.243 e. The van der Waals surface area contributed by atoms with Crippen LogP contribution in [0.1, 0.15) is 25.5 Å². The van der Waals surface area contributed by atoms with E-state index in [-0.39, 0.29) is 16.9 Å². The number of benzene rings is 2. The second kappa shape index (κ2) is 7.07. The van der Waals surface area contributed by atoms with Crippen LogP contribution in [0, 0.1) is 5.92 Å². The summed E-state index contributed by atoms with van der Waals surface area (Å²) < 4.78 is 42.1. The number of nitrogens with zero attached hydrogens (tertiary/aromatic N) is 2. The molecule has 1 aromatic heterocycles. The molecule has 0 aliphatic rings.